The summed E-state index contributed by atoms with van der Waals surface area (Å²) in [7, 11) is 0.448. The quantitative estimate of drug-likeness (QED) is 0.640. The summed E-state index contributed by atoms with van der Waals surface area (Å²) < 4.78 is 16.2. The van der Waals surface area contributed by atoms with Crippen LogP contribution in [0.1, 0.15) is 33.6 Å². The van der Waals surface area contributed by atoms with Crippen LogP contribution >= 0.6 is 0 Å². The Balaban J connectivity index is 4.08. The van der Waals surface area contributed by atoms with E-state index in [0.717, 1.165) is 12.8 Å². The zero-order chi connectivity index (χ0) is 11.2. The molecule has 0 heterocycles. The van der Waals surface area contributed by atoms with Gasteiger partial charge in [0.2, 0.25) is 0 Å². The van der Waals surface area contributed by atoms with Crippen LogP contribution in [0.15, 0.2) is 0 Å². The van der Waals surface area contributed by atoms with Gasteiger partial charge in [-0.3, -0.25) is 9.00 Å². The molecule has 0 amide bonds. The molecule has 0 aliphatic rings. The van der Waals surface area contributed by atoms with Gasteiger partial charge in [-0.15, -0.1) is 0 Å². The molecule has 0 aromatic carbocycles. The number of carbonyl (C=O) groups excluding carboxylic acids is 1. The van der Waals surface area contributed by atoms with Gasteiger partial charge in [0.1, 0.15) is 0 Å². The molecular weight excluding hydrogens is 200 g/mol. The predicted octanol–water partition coefficient (Wildman–Crippen LogP) is 1.73. The smallest absolute Gasteiger partial charge is 0.312 e. The Morgan fingerprint density at radius 1 is 1.43 bits per heavy atom. The minimum absolute atomic E-state index is 0.289. The number of esters is 1. The second-order valence-electron chi connectivity index (χ2n) is 4.02. The van der Waals surface area contributed by atoms with E-state index in [4.69, 9.17) is 0 Å². The van der Waals surface area contributed by atoms with Gasteiger partial charge in [0.25, 0.3) is 0 Å². The summed E-state index contributed by atoms with van der Waals surface area (Å²) in [6.07, 6.45) is 1.98. The average Bonchev–Trinajstić information content (AvgIpc) is 2.12. The molecular formula is C10H20O3S. The summed E-state index contributed by atoms with van der Waals surface area (Å²) in [5, 5.41) is 0. The van der Waals surface area contributed by atoms with Crippen molar-refractivity contribution < 1.29 is 13.7 Å². The summed E-state index contributed by atoms with van der Waals surface area (Å²) in [5.41, 5.74) is -0.632. The maximum Gasteiger partial charge on any atom is 0.312 e. The van der Waals surface area contributed by atoms with Crippen LogP contribution in [0.5, 0.6) is 0 Å². The van der Waals surface area contributed by atoms with Crippen LogP contribution in [-0.4, -0.2) is 28.8 Å². The fourth-order valence-corrected chi connectivity index (χ4v) is 2.79. The lowest BCUT2D eigenvalue weighted by molar-refractivity contribution is -0.149. The highest BCUT2D eigenvalue weighted by Gasteiger charge is 2.30. The van der Waals surface area contributed by atoms with Gasteiger partial charge < -0.3 is 4.74 Å². The first kappa shape index (κ1) is 13.6. The molecule has 3 nitrogen and oxygen atoms in total. The minimum atomic E-state index is -0.912. The van der Waals surface area contributed by atoms with Crippen molar-refractivity contribution in [2.45, 2.75) is 33.6 Å². The number of ether oxygens (including phenoxy) is 1. The van der Waals surface area contributed by atoms with Gasteiger partial charge in [-0.1, -0.05) is 13.3 Å². The van der Waals surface area contributed by atoms with Gasteiger partial charge in [-0.2, -0.15) is 0 Å². The van der Waals surface area contributed by atoms with Gasteiger partial charge in [-0.25, -0.2) is 0 Å². The summed E-state index contributed by atoms with van der Waals surface area (Å²) >= 11 is 0. The molecule has 0 aliphatic carbocycles. The SMILES string of the molecule is CCCCS(=O)CC(C)(C)C(=O)OC. The van der Waals surface area contributed by atoms with Crippen LogP contribution in [-0.2, 0) is 20.3 Å². The van der Waals surface area contributed by atoms with Crippen molar-refractivity contribution in [2.75, 3.05) is 18.6 Å². The first-order valence-electron chi connectivity index (χ1n) is 4.87. The Hall–Kier alpha value is -0.380. The number of carbonyl (C=O) groups is 1. The third-order valence-electron chi connectivity index (χ3n) is 1.99. The van der Waals surface area contributed by atoms with E-state index in [-0.39, 0.29) is 5.97 Å². The molecule has 0 rings (SSSR count). The first-order valence-corrected chi connectivity index (χ1v) is 6.36. The normalized spacial score (nSPS) is 13.7. The average molecular weight is 220 g/mol. The summed E-state index contributed by atoms with van der Waals surface area (Å²) in [6.45, 7) is 5.59. The number of hydrogen-bond acceptors (Lipinski definition) is 3. The second-order valence-corrected chi connectivity index (χ2v) is 5.59. The first-order chi connectivity index (χ1) is 6.44. The lowest BCUT2D eigenvalue weighted by Crippen LogP contribution is -2.32. The molecule has 0 N–H and O–H groups in total. The molecule has 4 heteroatoms. The number of methoxy groups -OCH3 is 1. The molecule has 84 valence electrons. The highest BCUT2D eigenvalue weighted by molar-refractivity contribution is 7.85. The van der Waals surface area contributed by atoms with Crippen LogP contribution in [0.4, 0.5) is 0 Å². The molecule has 0 aliphatic heterocycles. The predicted molar refractivity (Wildman–Crippen MR) is 58.6 cm³/mol. The molecule has 0 aromatic heterocycles. The highest BCUT2D eigenvalue weighted by Crippen LogP contribution is 2.18. The van der Waals surface area contributed by atoms with E-state index < -0.39 is 16.2 Å². The minimum Gasteiger partial charge on any atom is -0.469 e. The summed E-state index contributed by atoms with van der Waals surface area (Å²) in [4.78, 5) is 11.3. The van der Waals surface area contributed by atoms with Gasteiger partial charge in [0.05, 0.1) is 12.5 Å². The van der Waals surface area contributed by atoms with Crippen molar-refractivity contribution in [3.05, 3.63) is 0 Å². The number of rotatable bonds is 6. The fourth-order valence-electron chi connectivity index (χ4n) is 1.12. The van der Waals surface area contributed by atoms with Crippen LogP contribution < -0.4 is 0 Å². The lowest BCUT2D eigenvalue weighted by Gasteiger charge is -2.20. The molecule has 0 fully saturated rings. The van der Waals surface area contributed by atoms with Gasteiger partial charge in [0, 0.05) is 22.3 Å². The van der Waals surface area contributed by atoms with E-state index in [2.05, 4.69) is 11.7 Å². The van der Waals surface area contributed by atoms with Crippen LogP contribution in [0.2, 0.25) is 0 Å². The Labute approximate surface area is 88.7 Å². The van der Waals surface area contributed by atoms with E-state index in [1.54, 1.807) is 13.8 Å². The lowest BCUT2D eigenvalue weighted by atomic mass is 9.97. The van der Waals surface area contributed by atoms with Crippen molar-refractivity contribution in [2.24, 2.45) is 5.41 Å². The van der Waals surface area contributed by atoms with E-state index in [1.807, 2.05) is 0 Å². The molecule has 1 unspecified atom stereocenters. The standard InChI is InChI=1S/C10H20O3S/c1-5-6-7-14(12)8-10(2,3)9(11)13-4/h5-8H2,1-4H3. The van der Waals surface area contributed by atoms with E-state index in [9.17, 15) is 9.00 Å². The number of hydrogen-bond donors (Lipinski definition) is 0. The van der Waals surface area contributed by atoms with Crippen molar-refractivity contribution in [1.29, 1.82) is 0 Å². The van der Waals surface area contributed by atoms with Crippen LogP contribution in [0.3, 0.4) is 0 Å². The third-order valence-corrected chi connectivity index (χ3v) is 3.77. The largest absolute Gasteiger partial charge is 0.469 e. The van der Waals surface area contributed by atoms with Gasteiger partial charge in [-0.05, 0) is 20.3 Å². The van der Waals surface area contributed by atoms with Crippen LogP contribution in [0, 0.1) is 5.41 Å². The zero-order valence-electron chi connectivity index (χ0n) is 9.46. The van der Waals surface area contributed by atoms with Crippen molar-refractivity contribution in [3.8, 4) is 0 Å². The van der Waals surface area contributed by atoms with Crippen molar-refractivity contribution in [3.63, 3.8) is 0 Å². The Morgan fingerprint density at radius 3 is 2.43 bits per heavy atom. The molecule has 1 atom stereocenters. The Kier molecular flexibility index (Phi) is 6.00. The summed E-state index contributed by atoms with van der Waals surface area (Å²) in [6, 6.07) is 0. The maximum atomic E-state index is 11.5. The fraction of sp³-hybridized carbons (Fsp3) is 0.900. The maximum absolute atomic E-state index is 11.5. The molecule has 0 saturated carbocycles. The molecule has 0 bridgehead atoms. The Morgan fingerprint density at radius 2 is 2.00 bits per heavy atom. The molecule has 0 saturated heterocycles. The highest BCUT2D eigenvalue weighted by atomic mass is 32.2. The van der Waals surface area contributed by atoms with E-state index in [1.165, 1.54) is 7.11 Å². The zero-order valence-corrected chi connectivity index (χ0v) is 10.3. The van der Waals surface area contributed by atoms with E-state index in [0.29, 0.717) is 11.5 Å². The van der Waals surface area contributed by atoms with Crippen molar-refractivity contribution in [1.82, 2.24) is 0 Å². The molecule has 0 radical (unpaired) electrons. The second kappa shape index (κ2) is 6.17. The topological polar surface area (TPSA) is 43.4 Å². The van der Waals surface area contributed by atoms with Gasteiger partial charge >= 0.3 is 5.97 Å². The van der Waals surface area contributed by atoms with Crippen molar-refractivity contribution >= 4 is 16.8 Å². The van der Waals surface area contributed by atoms with E-state index >= 15 is 0 Å². The molecule has 0 spiro atoms. The summed E-state index contributed by atoms with van der Waals surface area (Å²) in [5.74, 6) is 0.777. The van der Waals surface area contributed by atoms with Gasteiger partial charge in [0.15, 0.2) is 0 Å². The third kappa shape index (κ3) is 4.74. The molecule has 0 aromatic rings. The number of unbranched alkanes of at least 4 members (excludes halogenated alkanes) is 1. The van der Waals surface area contributed by atoms with Crippen LogP contribution in [0.25, 0.3) is 0 Å². The monoisotopic (exact) mass is 220 g/mol. The Bertz CT molecular complexity index is 211. The molecule has 14 heavy (non-hydrogen) atoms.